The molecular weight excluding hydrogens is 234 g/mol. The Morgan fingerprint density at radius 2 is 2.00 bits per heavy atom. The third kappa shape index (κ3) is 2.77. The minimum absolute atomic E-state index is 0.0549. The Labute approximate surface area is 106 Å². The van der Waals surface area contributed by atoms with Crippen molar-refractivity contribution in [2.24, 2.45) is 5.92 Å². The SMILES string of the molecule is CN(C(=O)C1C=CC=CC1)c1ccc(Cl)cc1. The molecule has 0 spiro atoms. The van der Waals surface area contributed by atoms with Gasteiger partial charge in [-0.05, 0) is 30.7 Å². The fourth-order valence-corrected chi connectivity index (χ4v) is 1.93. The van der Waals surface area contributed by atoms with Crippen molar-refractivity contribution in [3.8, 4) is 0 Å². The summed E-state index contributed by atoms with van der Waals surface area (Å²) in [5, 5.41) is 0.676. The van der Waals surface area contributed by atoms with Gasteiger partial charge in [0.1, 0.15) is 0 Å². The van der Waals surface area contributed by atoms with Crippen molar-refractivity contribution in [2.45, 2.75) is 6.42 Å². The second-order valence-electron chi connectivity index (χ2n) is 4.03. The van der Waals surface area contributed by atoms with Crippen LogP contribution < -0.4 is 4.90 Å². The molecule has 0 saturated carbocycles. The lowest BCUT2D eigenvalue weighted by Crippen LogP contribution is -2.32. The zero-order chi connectivity index (χ0) is 12.3. The van der Waals surface area contributed by atoms with Crippen LogP contribution in [0.3, 0.4) is 0 Å². The van der Waals surface area contributed by atoms with Gasteiger partial charge in [-0.1, -0.05) is 35.9 Å². The molecule has 1 aromatic rings. The number of benzene rings is 1. The standard InChI is InChI=1S/C14H14ClNO/c1-16(13-9-7-12(15)8-10-13)14(17)11-5-3-2-4-6-11/h2-5,7-11H,6H2,1H3. The average Bonchev–Trinajstić information content (AvgIpc) is 2.39. The first-order valence-electron chi connectivity index (χ1n) is 5.55. The predicted octanol–water partition coefficient (Wildman–Crippen LogP) is 3.44. The average molecular weight is 248 g/mol. The molecule has 0 aromatic heterocycles. The van der Waals surface area contributed by atoms with Crippen molar-refractivity contribution in [3.63, 3.8) is 0 Å². The van der Waals surface area contributed by atoms with Crippen LogP contribution in [0.5, 0.6) is 0 Å². The van der Waals surface area contributed by atoms with Gasteiger partial charge in [0.05, 0.1) is 5.92 Å². The number of allylic oxidation sites excluding steroid dienone is 3. The van der Waals surface area contributed by atoms with Crippen LogP contribution >= 0.6 is 11.6 Å². The summed E-state index contributed by atoms with van der Waals surface area (Å²) in [4.78, 5) is 13.9. The predicted molar refractivity (Wildman–Crippen MR) is 71.2 cm³/mol. The summed E-state index contributed by atoms with van der Waals surface area (Å²) in [7, 11) is 1.79. The molecule has 17 heavy (non-hydrogen) atoms. The molecule has 0 bridgehead atoms. The highest BCUT2D eigenvalue weighted by Crippen LogP contribution is 2.21. The van der Waals surface area contributed by atoms with E-state index in [1.165, 1.54) is 0 Å². The zero-order valence-corrected chi connectivity index (χ0v) is 10.4. The number of rotatable bonds is 2. The first kappa shape index (κ1) is 11.9. The first-order chi connectivity index (χ1) is 8.18. The highest BCUT2D eigenvalue weighted by atomic mass is 35.5. The Bertz CT molecular complexity index is 462. The maximum absolute atomic E-state index is 12.2. The molecule has 1 atom stereocenters. The van der Waals surface area contributed by atoms with E-state index >= 15 is 0 Å². The van der Waals surface area contributed by atoms with Crippen molar-refractivity contribution < 1.29 is 4.79 Å². The fraction of sp³-hybridized carbons (Fsp3) is 0.214. The first-order valence-corrected chi connectivity index (χ1v) is 5.93. The summed E-state index contributed by atoms with van der Waals surface area (Å²) in [5.41, 5.74) is 0.863. The van der Waals surface area contributed by atoms with E-state index < -0.39 is 0 Å². The molecule has 3 heteroatoms. The third-order valence-corrected chi connectivity index (χ3v) is 3.09. The number of hydrogen-bond donors (Lipinski definition) is 0. The molecule has 1 aliphatic carbocycles. The van der Waals surface area contributed by atoms with Crippen LogP contribution in [0.15, 0.2) is 48.6 Å². The number of carbonyl (C=O) groups excluding carboxylic acids is 1. The van der Waals surface area contributed by atoms with Gasteiger partial charge in [0.2, 0.25) is 5.91 Å². The van der Waals surface area contributed by atoms with Crippen molar-refractivity contribution in [2.75, 3.05) is 11.9 Å². The van der Waals surface area contributed by atoms with Crippen LogP contribution in [0, 0.1) is 5.92 Å². The quantitative estimate of drug-likeness (QED) is 0.784. The lowest BCUT2D eigenvalue weighted by Gasteiger charge is -2.22. The molecule has 2 nitrogen and oxygen atoms in total. The molecule has 0 fully saturated rings. The maximum Gasteiger partial charge on any atom is 0.233 e. The number of anilines is 1. The molecule has 2 rings (SSSR count). The minimum atomic E-state index is -0.0549. The molecule has 1 amide bonds. The van der Waals surface area contributed by atoms with Crippen LogP contribution in [-0.4, -0.2) is 13.0 Å². The monoisotopic (exact) mass is 247 g/mol. The van der Waals surface area contributed by atoms with E-state index in [1.54, 1.807) is 24.1 Å². The zero-order valence-electron chi connectivity index (χ0n) is 9.64. The highest BCUT2D eigenvalue weighted by molar-refractivity contribution is 6.30. The van der Waals surface area contributed by atoms with Crippen LogP contribution in [0.25, 0.3) is 0 Å². The topological polar surface area (TPSA) is 20.3 Å². The highest BCUT2D eigenvalue weighted by Gasteiger charge is 2.20. The summed E-state index contributed by atoms with van der Waals surface area (Å²) in [5.74, 6) is 0.0496. The van der Waals surface area contributed by atoms with Crippen LogP contribution in [0.4, 0.5) is 5.69 Å². The largest absolute Gasteiger partial charge is 0.315 e. The van der Waals surface area contributed by atoms with Gasteiger partial charge in [-0.25, -0.2) is 0 Å². The number of amides is 1. The Balaban J connectivity index is 2.11. The number of hydrogen-bond acceptors (Lipinski definition) is 1. The smallest absolute Gasteiger partial charge is 0.233 e. The van der Waals surface area contributed by atoms with E-state index in [-0.39, 0.29) is 11.8 Å². The minimum Gasteiger partial charge on any atom is -0.315 e. The van der Waals surface area contributed by atoms with Crippen LogP contribution in [0.1, 0.15) is 6.42 Å². The number of halogens is 1. The second-order valence-corrected chi connectivity index (χ2v) is 4.47. The van der Waals surface area contributed by atoms with Gasteiger partial charge in [-0.15, -0.1) is 0 Å². The lowest BCUT2D eigenvalue weighted by molar-refractivity contribution is -0.120. The summed E-state index contributed by atoms with van der Waals surface area (Å²) < 4.78 is 0. The summed E-state index contributed by atoms with van der Waals surface area (Å²) >= 11 is 5.82. The fourth-order valence-electron chi connectivity index (χ4n) is 1.80. The summed E-state index contributed by atoms with van der Waals surface area (Å²) in [6, 6.07) is 7.28. The Kier molecular flexibility index (Phi) is 3.64. The molecule has 0 radical (unpaired) electrons. The molecule has 1 aromatic carbocycles. The van der Waals surface area contributed by atoms with Crippen molar-refractivity contribution in [1.29, 1.82) is 0 Å². The van der Waals surface area contributed by atoms with E-state index in [2.05, 4.69) is 0 Å². The number of nitrogens with zero attached hydrogens (tertiary/aromatic N) is 1. The van der Waals surface area contributed by atoms with Crippen LogP contribution in [0.2, 0.25) is 5.02 Å². The van der Waals surface area contributed by atoms with Gasteiger partial charge in [0.15, 0.2) is 0 Å². The van der Waals surface area contributed by atoms with Gasteiger partial charge in [-0.2, -0.15) is 0 Å². The third-order valence-electron chi connectivity index (χ3n) is 2.84. The normalized spacial score (nSPS) is 18.1. The van der Waals surface area contributed by atoms with Crippen molar-refractivity contribution in [1.82, 2.24) is 0 Å². The summed E-state index contributed by atoms with van der Waals surface area (Å²) in [6.07, 6.45) is 8.61. The van der Waals surface area contributed by atoms with Gasteiger partial charge < -0.3 is 4.90 Å². The Morgan fingerprint density at radius 3 is 2.59 bits per heavy atom. The maximum atomic E-state index is 12.2. The summed E-state index contributed by atoms with van der Waals surface area (Å²) in [6.45, 7) is 0. The van der Waals surface area contributed by atoms with Crippen LogP contribution in [-0.2, 0) is 4.79 Å². The molecule has 88 valence electrons. The van der Waals surface area contributed by atoms with Gasteiger partial charge in [0, 0.05) is 17.8 Å². The van der Waals surface area contributed by atoms with E-state index in [0.29, 0.717) is 5.02 Å². The van der Waals surface area contributed by atoms with Gasteiger partial charge >= 0.3 is 0 Å². The molecule has 0 saturated heterocycles. The van der Waals surface area contributed by atoms with Gasteiger partial charge in [-0.3, -0.25) is 4.79 Å². The Hall–Kier alpha value is -1.54. The number of carbonyl (C=O) groups is 1. The lowest BCUT2D eigenvalue weighted by atomic mass is 9.99. The van der Waals surface area contributed by atoms with E-state index in [9.17, 15) is 4.79 Å². The van der Waals surface area contributed by atoms with E-state index in [1.807, 2.05) is 36.4 Å². The molecule has 1 aliphatic rings. The van der Waals surface area contributed by atoms with Crippen molar-refractivity contribution in [3.05, 3.63) is 53.6 Å². The molecular formula is C14H14ClNO. The van der Waals surface area contributed by atoms with Gasteiger partial charge in [0.25, 0.3) is 0 Å². The molecule has 0 heterocycles. The van der Waals surface area contributed by atoms with E-state index in [4.69, 9.17) is 11.6 Å². The van der Waals surface area contributed by atoms with Crippen molar-refractivity contribution >= 4 is 23.2 Å². The molecule has 0 aliphatic heterocycles. The second kappa shape index (κ2) is 5.19. The molecule has 1 unspecified atom stereocenters. The molecule has 0 N–H and O–H groups in total. The van der Waals surface area contributed by atoms with E-state index in [0.717, 1.165) is 12.1 Å². The Morgan fingerprint density at radius 1 is 1.29 bits per heavy atom.